The highest BCUT2D eigenvalue weighted by atomic mass is 16.5. The maximum absolute atomic E-state index is 5.78. The molecule has 0 aromatic rings. The topological polar surface area (TPSA) is 40.4 Å². The van der Waals surface area contributed by atoms with Crippen LogP contribution in [0.15, 0.2) is 0 Å². The minimum Gasteiger partial charge on any atom is -0.374 e. The molecule has 1 rings (SSSR count). The Morgan fingerprint density at radius 3 is 1.47 bits per heavy atom. The van der Waals surface area contributed by atoms with E-state index in [1.165, 1.54) is 0 Å². The summed E-state index contributed by atoms with van der Waals surface area (Å²) < 4.78 is 11.6. The van der Waals surface area contributed by atoms with Crippen molar-refractivity contribution in [1.82, 2.24) is 5.32 Å². The van der Waals surface area contributed by atoms with Crippen LogP contribution >= 0.6 is 0 Å². The summed E-state index contributed by atoms with van der Waals surface area (Å²) >= 11 is 0. The lowest BCUT2D eigenvalue weighted by molar-refractivity contribution is -0.0564. The SMILES string of the molecule is CC(C)(C)OCC1(COC(C)(C)C)CN1. The van der Waals surface area contributed by atoms with Gasteiger partial charge >= 0.3 is 0 Å². The van der Waals surface area contributed by atoms with Gasteiger partial charge in [-0.15, -0.1) is 0 Å². The first kappa shape index (κ1) is 12.9. The smallest absolute Gasteiger partial charge is 0.0781 e. The number of hydrogen-bond donors (Lipinski definition) is 1. The van der Waals surface area contributed by atoms with Gasteiger partial charge in [0.05, 0.1) is 30.0 Å². The Morgan fingerprint density at radius 1 is 0.933 bits per heavy atom. The fourth-order valence-electron chi connectivity index (χ4n) is 1.08. The van der Waals surface area contributed by atoms with Gasteiger partial charge in [-0.05, 0) is 41.5 Å². The van der Waals surface area contributed by atoms with E-state index in [1.54, 1.807) is 0 Å². The van der Waals surface area contributed by atoms with Gasteiger partial charge in [0.15, 0.2) is 0 Å². The average Bonchev–Trinajstić information content (AvgIpc) is 2.76. The summed E-state index contributed by atoms with van der Waals surface area (Å²) in [4.78, 5) is 0. The Morgan fingerprint density at radius 2 is 1.27 bits per heavy atom. The molecule has 1 saturated heterocycles. The van der Waals surface area contributed by atoms with Gasteiger partial charge in [0.1, 0.15) is 0 Å². The Bertz CT molecular complexity index is 189. The molecule has 1 aliphatic rings. The van der Waals surface area contributed by atoms with Crippen LogP contribution in [-0.4, -0.2) is 36.5 Å². The zero-order valence-electron chi connectivity index (χ0n) is 10.9. The largest absolute Gasteiger partial charge is 0.374 e. The molecule has 1 aliphatic heterocycles. The van der Waals surface area contributed by atoms with Crippen LogP contribution in [0, 0.1) is 0 Å². The molecule has 1 fully saturated rings. The molecule has 0 spiro atoms. The van der Waals surface area contributed by atoms with Crippen LogP contribution < -0.4 is 5.32 Å². The van der Waals surface area contributed by atoms with Gasteiger partial charge in [0, 0.05) is 6.54 Å². The van der Waals surface area contributed by atoms with Gasteiger partial charge in [-0.25, -0.2) is 0 Å². The van der Waals surface area contributed by atoms with E-state index in [-0.39, 0.29) is 16.7 Å². The molecule has 1 N–H and O–H groups in total. The second kappa shape index (κ2) is 4.04. The molecule has 0 aromatic heterocycles. The Hall–Kier alpha value is -0.120. The first-order valence-electron chi connectivity index (χ1n) is 5.65. The lowest BCUT2D eigenvalue weighted by Crippen LogP contribution is -2.37. The molecular weight excluding hydrogens is 190 g/mol. The Balaban J connectivity index is 2.28. The second-order valence-corrected chi connectivity index (χ2v) is 6.44. The summed E-state index contributed by atoms with van der Waals surface area (Å²) in [5, 5.41) is 3.34. The maximum atomic E-state index is 5.78. The van der Waals surface area contributed by atoms with Crippen molar-refractivity contribution in [2.75, 3.05) is 19.8 Å². The van der Waals surface area contributed by atoms with E-state index in [1.807, 2.05) is 0 Å². The van der Waals surface area contributed by atoms with Gasteiger partial charge in [0.25, 0.3) is 0 Å². The summed E-state index contributed by atoms with van der Waals surface area (Å²) in [5.41, 5.74) is -0.0709. The fourth-order valence-corrected chi connectivity index (χ4v) is 1.08. The zero-order chi connectivity index (χ0) is 11.7. The van der Waals surface area contributed by atoms with Crippen molar-refractivity contribution in [2.24, 2.45) is 0 Å². The standard InChI is InChI=1S/C12H25NO2/c1-10(2,3)14-8-12(7-13-12)9-15-11(4,5)6/h13H,7-9H2,1-6H3. The molecule has 0 atom stereocenters. The van der Waals surface area contributed by atoms with Gasteiger partial charge in [-0.3, -0.25) is 0 Å². The van der Waals surface area contributed by atoms with Crippen LogP contribution in [0.4, 0.5) is 0 Å². The van der Waals surface area contributed by atoms with Gasteiger partial charge in [0.2, 0.25) is 0 Å². The van der Waals surface area contributed by atoms with Crippen molar-refractivity contribution in [2.45, 2.75) is 58.3 Å². The first-order valence-corrected chi connectivity index (χ1v) is 5.65. The molecule has 3 nitrogen and oxygen atoms in total. The fraction of sp³-hybridized carbons (Fsp3) is 1.00. The molecule has 0 amide bonds. The van der Waals surface area contributed by atoms with E-state index in [0.29, 0.717) is 0 Å². The highest BCUT2D eigenvalue weighted by Gasteiger charge is 2.44. The predicted molar refractivity (Wildman–Crippen MR) is 62.1 cm³/mol. The van der Waals surface area contributed by atoms with Crippen molar-refractivity contribution in [3.8, 4) is 0 Å². The van der Waals surface area contributed by atoms with Crippen molar-refractivity contribution in [3.05, 3.63) is 0 Å². The van der Waals surface area contributed by atoms with Crippen LogP contribution in [0.1, 0.15) is 41.5 Å². The van der Waals surface area contributed by atoms with Crippen LogP contribution in [-0.2, 0) is 9.47 Å². The second-order valence-electron chi connectivity index (χ2n) is 6.44. The molecule has 3 heteroatoms. The predicted octanol–water partition coefficient (Wildman–Crippen LogP) is 1.96. The number of rotatable bonds is 4. The van der Waals surface area contributed by atoms with E-state index < -0.39 is 0 Å². The summed E-state index contributed by atoms with van der Waals surface area (Å²) in [5.74, 6) is 0. The van der Waals surface area contributed by atoms with E-state index in [4.69, 9.17) is 9.47 Å². The van der Waals surface area contributed by atoms with E-state index in [0.717, 1.165) is 19.8 Å². The summed E-state index contributed by atoms with van der Waals surface area (Å²) in [7, 11) is 0. The molecule has 0 unspecified atom stereocenters. The molecule has 0 aromatic carbocycles. The molecule has 0 aliphatic carbocycles. The third-order valence-corrected chi connectivity index (χ3v) is 2.24. The first-order chi connectivity index (χ1) is 6.62. The third kappa shape index (κ3) is 5.50. The maximum Gasteiger partial charge on any atom is 0.0781 e. The number of nitrogens with one attached hydrogen (secondary N) is 1. The van der Waals surface area contributed by atoms with Crippen LogP contribution in [0.3, 0.4) is 0 Å². The highest BCUT2D eigenvalue weighted by molar-refractivity contribution is 5.04. The number of ether oxygens (including phenoxy) is 2. The Kier molecular flexibility index (Phi) is 3.49. The van der Waals surface area contributed by atoms with Crippen LogP contribution in [0.2, 0.25) is 0 Å². The zero-order valence-corrected chi connectivity index (χ0v) is 10.9. The van der Waals surface area contributed by atoms with Crippen LogP contribution in [0.5, 0.6) is 0 Å². The Labute approximate surface area is 93.5 Å². The lowest BCUT2D eigenvalue weighted by atomic mass is 10.1. The minimum absolute atomic E-state index is 0.0700. The molecule has 15 heavy (non-hydrogen) atoms. The lowest BCUT2D eigenvalue weighted by Gasteiger charge is -2.26. The minimum atomic E-state index is -0.0704. The van der Waals surface area contributed by atoms with E-state index in [2.05, 4.69) is 46.9 Å². The molecule has 0 bridgehead atoms. The summed E-state index contributed by atoms with van der Waals surface area (Å²) in [6, 6.07) is 0. The van der Waals surface area contributed by atoms with Crippen LogP contribution in [0.25, 0.3) is 0 Å². The molecule has 90 valence electrons. The quantitative estimate of drug-likeness (QED) is 0.729. The normalized spacial score (nSPS) is 20.4. The van der Waals surface area contributed by atoms with Gasteiger partial charge < -0.3 is 14.8 Å². The van der Waals surface area contributed by atoms with E-state index >= 15 is 0 Å². The van der Waals surface area contributed by atoms with Gasteiger partial charge in [-0.2, -0.15) is 0 Å². The average molecular weight is 215 g/mol. The molecule has 0 radical (unpaired) electrons. The highest BCUT2D eigenvalue weighted by Crippen LogP contribution is 2.23. The molecule has 0 saturated carbocycles. The third-order valence-electron chi connectivity index (χ3n) is 2.24. The summed E-state index contributed by atoms with van der Waals surface area (Å²) in [6.07, 6.45) is 0. The van der Waals surface area contributed by atoms with Crippen molar-refractivity contribution >= 4 is 0 Å². The monoisotopic (exact) mass is 215 g/mol. The molecular formula is C12H25NO2. The molecule has 1 heterocycles. The number of hydrogen-bond acceptors (Lipinski definition) is 3. The van der Waals surface area contributed by atoms with Crippen molar-refractivity contribution in [1.29, 1.82) is 0 Å². The van der Waals surface area contributed by atoms with Gasteiger partial charge in [-0.1, -0.05) is 0 Å². The van der Waals surface area contributed by atoms with Crippen molar-refractivity contribution < 1.29 is 9.47 Å². The van der Waals surface area contributed by atoms with E-state index in [9.17, 15) is 0 Å². The summed E-state index contributed by atoms with van der Waals surface area (Å²) in [6.45, 7) is 14.9. The van der Waals surface area contributed by atoms with Crippen molar-refractivity contribution in [3.63, 3.8) is 0 Å².